The van der Waals surface area contributed by atoms with Crippen molar-refractivity contribution in [3.63, 3.8) is 0 Å². The van der Waals surface area contributed by atoms with Crippen molar-refractivity contribution in [1.29, 1.82) is 5.26 Å². The second kappa shape index (κ2) is 5.07. The first-order valence-corrected chi connectivity index (χ1v) is 4.08. The van der Waals surface area contributed by atoms with Gasteiger partial charge >= 0.3 is 0 Å². The Morgan fingerprint density at radius 2 is 2.07 bits per heavy atom. The largest absolute Gasteiger partial charge is 0.497 e. The molecule has 0 heterocycles. The fourth-order valence-corrected chi connectivity index (χ4v) is 0.994. The molecule has 4 heteroatoms. The first kappa shape index (κ1) is 10.3. The smallest absolute Gasteiger partial charge is 0.124 e. The summed E-state index contributed by atoms with van der Waals surface area (Å²) in [5, 5.41) is 8.67. The monoisotopic (exact) mass is 195 g/mol. The van der Waals surface area contributed by atoms with Crippen molar-refractivity contribution < 1.29 is 13.9 Å². The Morgan fingerprint density at radius 3 is 2.64 bits per heavy atom. The van der Waals surface area contributed by atoms with Crippen LogP contribution in [0.2, 0.25) is 0 Å². The van der Waals surface area contributed by atoms with E-state index in [0.717, 1.165) is 0 Å². The van der Waals surface area contributed by atoms with E-state index in [1.54, 1.807) is 12.1 Å². The summed E-state index contributed by atoms with van der Waals surface area (Å²) in [6, 6.07) is 6.70. The second-order valence-corrected chi connectivity index (χ2v) is 2.55. The molecule has 0 bridgehead atoms. The molecule has 3 nitrogen and oxygen atoms in total. The van der Waals surface area contributed by atoms with Crippen LogP contribution in [0.25, 0.3) is 0 Å². The highest BCUT2D eigenvalue weighted by atomic mass is 19.1. The van der Waals surface area contributed by atoms with Gasteiger partial charge in [0.25, 0.3) is 0 Å². The Labute approximate surface area is 81.7 Å². The van der Waals surface area contributed by atoms with E-state index in [-0.39, 0.29) is 6.61 Å². The molecule has 1 aromatic carbocycles. The molecule has 0 aliphatic rings. The van der Waals surface area contributed by atoms with Gasteiger partial charge in [0, 0.05) is 6.07 Å². The van der Waals surface area contributed by atoms with E-state index in [2.05, 4.69) is 0 Å². The molecule has 14 heavy (non-hydrogen) atoms. The summed E-state index contributed by atoms with van der Waals surface area (Å²) >= 11 is 0. The number of benzene rings is 1. The fraction of sp³-hybridized carbons (Fsp3) is 0.300. The molecule has 0 aliphatic heterocycles. The molecule has 1 rings (SSSR count). The highest BCUT2D eigenvalue weighted by molar-refractivity contribution is 5.43. The van der Waals surface area contributed by atoms with Crippen LogP contribution in [0.15, 0.2) is 18.2 Å². The van der Waals surface area contributed by atoms with E-state index in [0.29, 0.717) is 17.1 Å². The number of methoxy groups -OCH3 is 1. The van der Waals surface area contributed by atoms with Gasteiger partial charge in [0.05, 0.1) is 18.7 Å². The first-order chi connectivity index (χ1) is 6.80. The lowest BCUT2D eigenvalue weighted by molar-refractivity contribution is 0.272. The van der Waals surface area contributed by atoms with Gasteiger partial charge in [-0.2, -0.15) is 5.26 Å². The van der Waals surface area contributed by atoms with E-state index in [1.807, 2.05) is 6.07 Å². The number of nitriles is 1. The molecule has 0 aliphatic carbocycles. The predicted octanol–water partition coefficient (Wildman–Crippen LogP) is 1.92. The predicted molar refractivity (Wildman–Crippen MR) is 49.2 cm³/mol. The number of halogens is 1. The maximum absolute atomic E-state index is 11.8. The van der Waals surface area contributed by atoms with Gasteiger partial charge < -0.3 is 9.47 Å². The van der Waals surface area contributed by atoms with Crippen molar-refractivity contribution in [1.82, 2.24) is 0 Å². The standard InChI is InChI=1S/C10H10FNO2/c1-13-9-4-8(7-12)5-10(6-9)14-3-2-11/h4-6H,2-3H2,1H3. The second-order valence-electron chi connectivity index (χ2n) is 2.55. The molecule has 0 atom stereocenters. The van der Waals surface area contributed by atoms with Crippen LogP contribution in [0, 0.1) is 11.3 Å². The normalized spacial score (nSPS) is 9.21. The van der Waals surface area contributed by atoms with Crippen molar-refractivity contribution in [3.8, 4) is 17.6 Å². The molecule has 1 aromatic rings. The fourth-order valence-electron chi connectivity index (χ4n) is 0.994. The minimum absolute atomic E-state index is 0.0158. The number of hydrogen-bond donors (Lipinski definition) is 0. The zero-order valence-electron chi connectivity index (χ0n) is 7.79. The summed E-state index contributed by atoms with van der Waals surface area (Å²) in [4.78, 5) is 0. The molecule has 0 saturated carbocycles. The Morgan fingerprint density at radius 1 is 1.36 bits per heavy atom. The third kappa shape index (κ3) is 2.63. The van der Waals surface area contributed by atoms with E-state index < -0.39 is 6.67 Å². The van der Waals surface area contributed by atoms with Gasteiger partial charge in [0.2, 0.25) is 0 Å². The molecular formula is C10H10FNO2. The van der Waals surface area contributed by atoms with Crippen LogP contribution in [0.3, 0.4) is 0 Å². The van der Waals surface area contributed by atoms with Gasteiger partial charge in [0.15, 0.2) is 0 Å². The maximum atomic E-state index is 11.8. The lowest BCUT2D eigenvalue weighted by Crippen LogP contribution is -1.99. The Bertz CT molecular complexity index is 346. The first-order valence-electron chi connectivity index (χ1n) is 4.08. The summed E-state index contributed by atoms with van der Waals surface area (Å²) in [7, 11) is 1.50. The third-order valence-corrected chi connectivity index (χ3v) is 1.59. The quantitative estimate of drug-likeness (QED) is 0.737. The van der Waals surface area contributed by atoms with E-state index in [1.165, 1.54) is 13.2 Å². The highest BCUT2D eigenvalue weighted by Gasteiger charge is 2.01. The van der Waals surface area contributed by atoms with Crippen LogP contribution < -0.4 is 9.47 Å². The summed E-state index contributed by atoms with van der Waals surface area (Å²) in [5.74, 6) is 0.969. The van der Waals surface area contributed by atoms with Gasteiger partial charge in [0.1, 0.15) is 24.8 Å². The van der Waals surface area contributed by atoms with E-state index in [9.17, 15) is 4.39 Å². The lowest BCUT2D eigenvalue weighted by atomic mass is 10.2. The van der Waals surface area contributed by atoms with Crippen LogP contribution in [0.4, 0.5) is 4.39 Å². The average molecular weight is 195 g/mol. The molecule has 0 radical (unpaired) electrons. The zero-order valence-corrected chi connectivity index (χ0v) is 7.79. The van der Waals surface area contributed by atoms with Gasteiger partial charge in [-0.15, -0.1) is 0 Å². The highest BCUT2D eigenvalue weighted by Crippen LogP contribution is 2.22. The Hall–Kier alpha value is -1.76. The molecule has 0 unspecified atom stereocenters. The molecule has 0 fully saturated rings. The molecule has 74 valence electrons. The third-order valence-electron chi connectivity index (χ3n) is 1.59. The summed E-state index contributed by atoms with van der Waals surface area (Å²) in [5.41, 5.74) is 0.429. The summed E-state index contributed by atoms with van der Waals surface area (Å²) in [6.07, 6.45) is 0. The molecule has 0 amide bonds. The number of ether oxygens (including phenoxy) is 2. The zero-order chi connectivity index (χ0) is 10.4. The molecule has 0 aromatic heterocycles. The number of nitrogens with zero attached hydrogens (tertiary/aromatic N) is 1. The van der Waals surface area contributed by atoms with Gasteiger partial charge in [-0.05, 0) is 12.1 Å². The average Bonchev–Trinajstić information content (AvgIpc) is 2.25. The van der Waals surface area contributed by atoms with Crippen molar-refractivity contribution in [2.24, 2.45) is 0 Å². The maximum Gasteiger partial charge on any atom is 0.124 e. The number of alkyl halides is 1. The molecule has 0 N–H and O–H groups in total. The minimum Gasteiger partial charge on any atom is -0.497 e. The van der Waals surface area contributed by atoms with E-state index in [4.69, 9.17) is 14.7 Å². The number of hydrogen-bond acceptors (Lipinski definition) is 3. The SMILES string of the molecule is COc1cc(C#N)cc(OCCF)c1. The Balaban J connectivity index is 2.88. The van der Waals surface area contributed by atoms with E-state index >= 15 is 0 Å². The Kier molecular flexibility index (Phi) is 3.74. The van der Waals surface area contributed by atoms with Gasteiger partial charge in [-0.25, -0.2) is 4.39 Å². The summed E-state index contributed by atoms with van der Waals surface area (Å²) in [6.45, 7) is -0.572. The van der Waals surface area contributed by atoms with Crippen LogP contribution in [0.1, 0.15) is 5.56 Å². The van der Waals surface area contributed by atoms with Crippen LogP contribution >= 0.6 is 0 Å². The van der Waals surface area contributed by atoms with Crippen LogP contribution in [-0.2, 0) is 0 Å². The van der Waals surface area contributed by atoms with Crippen LogP contribution in [0.5, 0.6) is 11.5 Å². The molecule has 0 saturated heterocycles. The lowest BCUT2D eigenvalue weighted by Gasteiger charge is -2.06. The summed E-state index contributed by atoms with van der Waals surface area (Å²) < 4.78 is 21.8. The van der Waals surface area contributed by atoms with Crippen molar-refractivity contribution in [3.05, 3.63) is 23.8 Å². The van der Waals surface area contributed by atoms with Crippen LogP contribution in [-0.4, -0.2) is 20.4 Å². The minimum atomic E-state index is -0.556. The van der Waals surface area contributed by atoms with Crippen molar-refractivity contribution >= 4 is 0 Å². The van der Waals surface area contributed by atoms with Crippen molar-refractivity contribution in [2.45, 2.75) is 0 Å². The molecular weight excluding hydrogens is 185 g/mol. The topological polar surface area (TPSA) is 42.2 Å². The molecule has 0 spiro atoms. The van der Waals surface area contributed by atoms with Gasteiger partial charge in [-0.1, -0.05) is 0 Å². The van der Waals surface area contributed by atoms with Crippen molar-refractivity contribution in [2.75, 3.05) is 20.4 Å². The van der Waals surface area contributed by atoms with Gasteiger partial charge in [-0.3, -0.25) is 0 Å². The number of rotatable bonds is 4.